The molecule has 0 spiro atoms. The van der Waals surface area contributed by atoms with Gasteiger partial charge in [-0.15, -0.1) is 0 Å². The Balaban J connectivity index is 2.69. The molecular weight excluding hydrogens is 236 g/mol. The molecule has 0 amide bonds. The molecule has 0 aliphatic carbocycles. The number of hydrogen-bond donors (Lipinski definition) is 0. The molecule has 17 heavy (non-hydrogen) atoms. The Hall–Kier alpha value is -2.05. The van der Waals surface area contributed by atoms with Crippen LogP contribution in [0.3, 0.4) is 0 Å². The Bertz CT molecular complexity index is 590. The normalized spacial score (nSPS) is 9.71. The smallest absolute Gasteiger partial charge is 0.147 e. The summed E-state index contributed by atoms with van der Waals surface area (Å²) in [5, 5.41) is 9.31. The Kier molecular flexibility index (Phi) is 3.27. The molecule has 0 bridgehead atoms. The molecule has 0 saturated heterocycles. The van der Waals surface area contributed by atoms with E-state index in [4.69, 9.17) is 21.6 Å². The Morgan fingerprint density at radius 2 is 2.00 bits per heavy atom. The first kappa shape index (κ1) is 11.4. The van der Waals surface area contributed by atoms with Gasteiger partial charge in [0.25, 0.3) is 0 Å². The van der Waals surface area contributed by atoms with Crippen LogP contribution in [0.25, 0.3) is 11.1 Å². The van der Waals surface area contributed by atoms with Crippen molar-refractivity contribution in [1.82, 2.24) is 4.98 Å². The van der Waals surface area contributed by atoms with Gasteiger partial charge in [-0.3, -0.25) is 0 Å². The van der Waals surface area contributed by atoms with Crippen LogP contribution in [-0.2, 0) is 0 Å². The second-order valence-electron chi connectivity index (χ2n) is 3.34. The van der Waals surface area contributed by atoms with Crippen LogP contribution in [0.5, 0.6) is 5.75 Å². The molecule has 1 heterocycles. The van der Waals surface area contributed by atoms with E-state index in [0.717, 1.165) is 11.1 Å². The maximum absolute atomic E-state index is 9.11. The molecule has 1 aromatic heterocycles. The summed E-state index contributed by atoms with van der Waals surface area (Å²) in [5.74, 6) is 0.700. The van der Waals surface area contributed by atoms with Crippen molar-refractivity contribution in [3.8, 4) is 22.9 Å². The van der Waals surface area contributed by atoms with Gasteiger partial charge in [-0.25, -0.2) is 4.98 Å². The van der Waals surface area contributed by atoms with Crippen LogP contribution in [0.2, 0.25) is 5.15 Å². The third-order valence-electron chi connectivity index (χ3n) is 2.41. The van der Waals surface area contributed by atoms with Gasteiger partial charge >= 0.3 is 0 Å². The van der Waals surface area contributed by atoms with E-state index in [-0.39, 0.29) is 5.15 Å². The monoisotopic (exact) mass is 244 g/mol. The third-order valence-corrected chi connectivity index (χ3v) is 2.70. The zero-order valence-corrected chi connectivity index (χ0v) is 9.90. The number of rotatable bonds is 2. The lowest BCUT2D eigenvalue weighted by Gasteiger charge is -2.09. The van der Waals surface area contributed by atoms with E-state index in [1.54, 1.807) is 19.4 Å². The Morgan fingerprint density at radius 3 is 2.71 bits per heavy atom. The maximum atomic E-state index is 9.11. The molecule has 2 aromatic rings. The summed E-state index contributed by atoms with van der Waals surface area (Å²) in [7, 11) is 1.59. The fourth-order valence-corrected chi connectivity index (χ4v) is 1.83. The van der Waals surface area contributed by atoms with E-state index in [0.29, 0.717) is 11.3 Å². The van der Waals surface area contributed by atoms with Gasteiger partial charge in [-0.2, -0.15) is 5.26 Å². The number of halogens is 1. The highest BCUT2D eigenvalue weighted by molar-refractivity contribution is 6.31. The molecule has 1 aromatic carbocycles. The van der Waals surface area contributed by atoms with Gasteiger partial charge in [-0.05, 0) is 12.1 Å². The van der Waals surface area contributed by atoms with Crippen LogP contribution in [-0.4, -0.2) is 12.1 Å². The number of pyridine rings is 1. The molecule has 0 unspecified atom stereocenters. The Labute approximate surface area is 104 Å². The van der Waals surface area contributed by atoms with Crippen molar-refractivity contribution in [3.05, 3.63) is 47.2 Å². The van der Waals surface area contributed by atoms with E-state index in [1.165, 1.54) is 0 Å². The van der Waals surface area contributed by atoms with Gasteiger partial charge in [-0.1, -0.05) is 29.8 Å². The summed E-state index contributed by atoms with van der Waals surface area (Å²) in [6.45, 7) is 0. The standard InChI is InChI=1S/C13H9ClN2O/c1-17-12-5-3-2-4-10(12)9-6-7-16-13(14)11(9)8-15/h2-7H,1H3. The first-order valence-corrected chi connectivity index (χ1v) is 5.33. The molecule has 4 heteroatoms. The first-order chi connectivity index (χ1) is 8.27. The van der Waals surface area contributed by atoms with E-state index in [1.807, 2.05) is 24.3 Å². The van der Waals surface area contributed by atoms with Crippen LogP contribution < -0.4 is 4.74 Å². The number of nitrogens with zero attached hydrogens (tertiary/aromatic N) is 2. The largest absolute Gasteiger partial charge is 0.496 e. The molecule has 0 atom stereocenters. The van der Waals surface area contributed by atoms with Gasteiger partial charge in [0.05, 0.1) is 12.7 Å². The van der Waals surface area contributed by atoms with Crippen molar-refractivity contribution in [3.63, 3.8) is 0 Å². The number of para-hydroxylation sites is 1. The van der Waals surface area contributed by atoms with Crippen LogP contribution in [0.15, 0.2) is 36.5 Å². The molecule has 0 N–H and O–H groups in total. The highest BCUT2D eigenvalue weighted by Gasteiger charge is 2.12. The number of methoxy groups -OCH3 is 1. The molecule has 0 aliphatic heterocycles. The summed E-state index contributed by atoms with van der Waals surface area (Å²) < 4.78 is 5.27. The highest BCUT2D eigenvalue weighted by atomic mass is 35.5. The maximum Gasteiger partial charge on any atom is 0.147 e. The molecule has 84 valence electrons. The van der Waals surface area contributed by atoms with E-state index < -0.39 is 0 Å². The van der Waals surface area contributed by atoms with Gasteiger partial charge in [0.1, 0.15) is 17.0 Å². The van der Waals surface area contributed by atoms with Gasteiger partial charge in [0.2, 0.25) is 0 Å². The average Bonchev–Trinajstić information content (AvgIpc) is 2.38. The molecule has 2 rings (SSSR count). The summed E-state index contributed by atoms with van der Waals surface area (Å²) in [5.41, 5.74) is 1.92. The average molecular weight is 245 g/mol. The van der Waals surface area contributed by atoms with Crippen molar-refractivity contribution in [1.29, 1.82) is 5.26 Å². The molecule has 0 saturated carbocycles. The number of hydrogen-bond acceptors (Lipinski definition) is 3. The van der Waals surface area contributed by atoms with E-state index in [9.17, 15) is 0 Å². The predicted octanol–water partition coefficient (Wildman–Crippen LogP) is 3.28. The van der Waals surface area contributed by atoms with Crippen LogP contribution >= 0.6 is 11.6 Å². The zero-order valence-electron chi connectivity index (χ0n) is 9.14. The predicted molar refractivity (Wildman–Crippen MR) is 66.0 cm³/mol. The third kappa shape index (κ3) is 2.08. The molecule has 3 nitrogen and oxygen atoms in total. The van der Waals surface area contributed by atoms with E-state index in [2.05, 4.69) is 11.1 Å². The Morgan fingerprint density at radius 1 is 1.24 bits per heavy atom. The number of benzene rings is 1. The van der Waals surface area contributed by atoms with Crippen LogP contribution in [0.1, 0.15) is 5.56 Å². The second-order valence-corrected chi connectivity index (χ2v) is 3.69. The summed E-state index contributed by atoms with van der Waals surface area (Å²) in [4.78, 5) is 3.89. The van der Waals surface area contributed by atoms with Crippen molar-refractivity contribution >= 4 is 11.6 Å². The fourth-order valence-electron chi connectivity index (χ4n) is 1.63. The highest BCUT2D eigenvalue weighted by Crippen LogP contribution is 2.33. The van der Waals surface area contributed by atoms with Crippen LogP contribution in [0.4, 0.5) is 0 Å². The summed E-state index contributed by atoms with van der Waals surface area (Å²) in [6.07, 6.45) is 1.57. The van der Waals surface area contributed by atoms with Crippen molar-refractivity contribution in [2.45, 2.75) is 0 Å². The minimum Gasteiger partial charge on any atom is -0.496 e. The molecule has 0 radical (unpaired) electrons. The first-order valence-electron chi connectivity index (χ1n) is 4.96. The SMILES string of the molecule is COc1ccccc1-c1ccnc(Cl)c1C#N. The minimum absolute atomic E-state index is 0.205. The van der Waals surface area contributed by atoms with Crippen molar-refractivity contribution < 1.29 is 4.74 Å². The second kappa shape index (κ2) is 4.86. The topological polar surface area (TPSA) is 45.9 Å². The summed E-state index contributed by atoms with van der Waals surface area (Å²) >= 11 is 5.90. The van der Waals surface area contributed by atoms with Crippen molar-refractivity contribution in [2.75, 3.05) is 7.11 Å². The summed E-state index contributed by atoms with van der Waals surface area (Å²) in [6, 6.07) is 11.3. The lowest BCUT2D eigenvalue weighted by atomic mass is 10.0. The van der Waals surface area contributed by atoms with Gasteiger partial charge in [0, 0.05) is 17.3 Å². The zero-order chi connectivity index (χ0) is 12.3. The lowest BCUT2D eigenvalue weighted by molar-refractivity contribution is 0.416. The van der Waals surface area contributed by atoms with Gasteiger partial charge < -0.3 is 4.74 Å². The number of ether oxygens (including phenoxy) is 1. The quantitative estimate of drug-likeness (QED) is 0.762. The number of aromatic nitrogens is 1. The van der Waals surface area contributed by atoms with Crippen LogP contribution in [0, 0.1) is 11.3 Å². The minimum atomic E-state index is 0.205. The molecule has 0 aliphatic rings. The number of nitriles is 1. The molecule has 0 fully saturated rings. The van der Waals surface area contributed by atoms with E-state index >= 15 is 0 Å². The fraction of sp³-hybridized carbons (Fsp3) is 0.0769. The molecular formula is C13H9ClN2O. The van der Waals surface area contributed by atoms with Crippen molar-refractivity contribution in [2.24, 2.45) is 0 Å². The van der Waals surface area contributed by atoms with Gasteiger partial charge in [0.15, 0.2) is 0 Å². The lowest BCUT2D eigenvalue weighted by Crippen LogP contribution is -1.92.